The smallest absolute Gasteiger partial charge is 0.308 e. The van der Waals surface area contributed by atoms with Crippen molar-refractivity contribution in [1.82, 2.24) is 0 Å². The van der Waals surface area contributed by atoms with Crippen LogP contribution in [0.1, 0.15) is 96.8 Å². The lowest BCUT2D eigenvalue weighted by molar-refractivity contribution is -0.292. The minimum absolute atomic E-state index is 0.202. The summed E-state index contributed by atoms with van der Waals surface area (Å²) in [5.41, 5.74) is 0. The number of unbranched alkanes of at least 4 members (excludes halogenated alkanes) is 11. The molecule has 7 nitrogen and oxygen atoms in total. The van der Waals surface area contributed by atoms with Gasteiger partial charge in [0.15, 0.2) is 0 Å². The van der Waals surface area contributed by atoms with Crippen molar-refractivity contribution in [3.63, 3.8) is 0 Å². The minimum atomic E-state index is -1.55. The first-order valence-corrected chi connectivity index (χ1v) is 12.2. The summed E-state index contributed by atoms with van der Waals surface area (Å²) in [7, 11) is 0. The fraction of sp³-hybridized carbons (Fsp3) is 0.875. The van der Waals surface area contributed by atoms with E-state index in [0.717, 1.165) is 32.1 Å². The monoisotopic (exact) mass is 444 g/mol. The Kier molecular flexibility index (Phi) is 15.9. The van der Waals surface area contributed by atoms with Crippen LogP contribution in [0, 0.1) is 0 Å². The molecule has 0 spiro atoms. The Balaban J connectivity index is 1.99. The Morgan fingerprint density at radius 2 is 1.35 bits per heavy atom. The molecule has 0 amide bonds. The van der Waals surface area contributed by atoms with Crippen LogP contribution in [0.3, 0.4) is 0 Å². The summed E-state index contributed by atoms with van der Waals surface area (Å²) in [6.07, 6.45) is 13.0. The molecule has 0 aromatic carbocycles. The quantitative estimate of drug-likeness (QED) is 0.154. The van der Waals surface area contributed by atoms with Crippen LogP contribution in [0.2, 0.25) is 0 Å². The molecule has 0 bridgehead atoms. The zero-order chi connectivity index (χ0) is 22.9. The number of hydrogen-bond donors (Lipinski definition) is 4. The fourth-order valence-corrected chi connectivity index (χ4v) is 3.69. The number of hydrogen-bond acceptors (Lipinski definition) is 7. The predicted molar refractivity (Wildman–Crippen MR) is 119 cm³/mol. The van der Waals surface area contributed by atoms with Gasteiger partial charge in [0.1, 0.15) is 24.4 Å². The molecular formula is C24H44O7. The van der Waals surface area contributed by atoms with Gasteiger partial charge in [0.2, 0.25) is 6.29 Å². The number of aliphatic hydroxyl groups excluding tert-OH is 4. The molecule has 1 heterocycles. The molecule has 1 saturated heterocycles. The normalized spacial score (nSPS) is 26.4. The van der Waals surface area contributed by atoms with E-state index in [2.05, 4.69) is 19.1 Å². The van der Waals surface area contributed by atoms with Crippen LogP contribution in [0.25, 0.3) is 0 Å². The Morgan fingerprint density at radius 3 is 1.94 bits per heavy atom. The largest absolute Gasteiger partial charge is 0.433 e. The highest BCUT2D eigenvalue weighted by molar-refractivity contribution is 5.69. The van der Waals surface area contributed by atoms with Crippen molar-refractivity contribution in [3.05, 3.63) is 12.2 Å². The number of allylic oxidation sites excluding steroid dienone is 2. The molecule has 1 rings (SSSR count). The van der Waals surface area contributed by atoms with Crippen molar-refractivity contribution in [2.45, 2.75) is 128 Å². The summed E-state index contributed by atoms with van der Waals surface area (Å²) in [4.78, 5) is 11.9. The van der Waals surface area contributed by atoms with Gasteiger partial charge in [0, 0.05) is 6.42 Å². The second-order valence-corrected chi connectivity index (χ2v) is 8.52. The molecule has 5 atom stereocenters. The van der Waals surface area contributed by atoms with Gasteiger partial charge in [-0.15, -0.1) is 0 Å². The maximum absolute atomic E-state index is 11.9. The van der Waals surface area contributed by atoms with E-state index in [9.17, 15) is 20.1 Å². The molecule has 5 unspecified atom stereocenters. The van der Waals surface area contributed by atoms with Crippen LogP contribution < -0.4 is 0 Å². The van der Waals surface area contributed by atoms with Gasteiger partial charge in [-0.2, -0.15) is 0 Å². The third-order valence-electron chi connectivity index (χ3n) is 5.74. The van der Waals surface area contributed by atoms with Crippen LogP contribution in [-0.4, -0.2) is 63.7 Å². The molecule has 182 valence electrons. The number of carbonyl (C=O) groups excluding carboxylic acids is 1. The number of esters is 1. The Labute approximate surface area is 187 Å². The molecule has 0 aromatic heterocycles. The van der Waals surface area contributed by atoms with Crippen LogP contribution in [-0.2, 0) is 14.3 Å². The summed E-state index contributed by atoms with van der Waals surface area (Å²) in [6, 6.07) is 0. The second kappa shape index (κ2) is 17.6. The van der Waals surface area contributed by atoms with Gasteiger partial charge in [0.25, 0.3) is 0 Å². The van der Waals surface area contributed by atoms with Crippen LogP contribution >= 0.6 is 0 Å². The number of aliphatic hydroxyl groups is 4. The molecule has 0 radical (unpaired) electrons. The van der Waals surface area contributed by atoms with Crippen molar-refractivity contribution < 1.29 is 34.7 Å². The van der Waals surface area contributed by atoms with Gasteiger partial charge in [-0.05, 0) is 32.1 Å². The summed E-state index contributed by atoms with van der Waals surface area (Å²) in [6.45, 7) is 1.69. The highest BCUT2D eigenvalue weighted by Gasteiger charge is 2.45. The molecule has 1 aliphatic heterocycles. The lowest BCUT2D eigenvalue weighted by atomic mass is 9.99. The van der Waals surface area contributed by atoms with E-state index in [4.69, 9.17) is 14.6 Å². The third kappa shape index (κ3) is 12.0. The molecule has 0 saturated carbocycles. The third-order valence-corrected chi connectivity index (χ3v) is 5.74. The fourth-order valence-electron chi connectivity index (χ4n) is 3.69. The SMILES string of the molecule is CCCCCCCCC=CCCCCCCCC(=O)OC1OC(CO)C(O)C(O)C1O. The van der Waals surface area contributed by atoms with E-state index >= 15 is 0 Å². The van der Waals surface area contributed by atoms with Gasteiger partial charge < -0.3 is 29.9 Å². The average molecular weight is 445 g/mol. The van der Waals surface area contributed by atoms with Crippen molar-refractivity contribution in [1.29, 1.82) is 0 Å². The Bertz CT molecular complexity index is 481. The highest BCUT2D eigenvalue weighted by Crippen LogP contribution is 2.22. The Morgan fingerprint density at radius 1 is 0.806 bits per heavy atom. The van der Waals surface area contributed by atoms with E-state index in [1.807, 2.05) is 0 Å². The zero-order valence-electron chi connectivity index (χ0n) is 19.2. The number of carbonyl (C=O) groups is 1. The molecule has 4 N–H and O–H groups in total. The topological polar surface area (TPSA) is 116 Å². The molecular weight excluding hydrogens is 400 g/mol. The zero-order valence-corrected chi connectivity index (χ0v) is 19.2. The lowest BCUT2D eigenvalue weighted by Gasteiger charge is -2.39. The molecule has 7 heteroatoms. The first kappa shape index (κ1) is 28.0. The maximum Gasteiger partial charge on any atom is 0.308 e. The van der Waals surface area contributed by atoms with Crippen molar-refractivity contribution in [3.8, 4) is 0 Å². The average Bonchev–Trinajstić information content (AvgIpc) is 2.76. The first-order valence-electron chi connectivity index (χ1n) is 12.2. The number of rotatable bonds is 17. The highest BCUT2D eigenvalue weighted by atomic mass is 16.7. The minimum Gasteiger partial charge on any atom is -0.433 e. The molecule has 1 fully saturated rings. The molecule has 31 heavy (non-hydrogen) atoms. The van der Waals surface area contributed by atoms with Gasteiger partial charge in [-0.1, -0.05) is 70.4 Å². The van der Waals surface area contributed by atoms with Crippen LogP contribution in [0.5, 0.6) is 0 Å². The van der Waals surface area contributed by atoms with Crippen molar-refractivity contribution in [2.75, 3.05) is 6.61 Å². The summed E-state index contributed by atoms with van der Waals surface area (Å²) >= 11 is 0. The first-order chi connectivity index (χ1) is 15.0. The van der Waals surface area contributed by atoms with E-state index in [-0.39, 0.29) is 6.42 Å². The van der Waals surface area contributed by atoms with Crippen molar-refractivity contribution >= 4 is 5.97 Å². The molecule has 0 aromatic rings. The van der Waals surface area contributed by atoms with Gasteiger partial charge >= 0.3 is 5.97 Å². The Hall–Kier alpha value is -0.990. The molecule has 0 aliphatic carbocycles. The summed E-state index contributed by atoms with van der Waals surface area (Å²) < 4.78 is 10.2. The van der Waals surface area contributed by atoms with E-state index < -0.39 is 43.3 Å². The predicted octanol–water partition coefficient (Wildman–Crippen LogP) is 3.37. The second-order valence-electron chi connectivity index (χ2n) is 8.52. The van der Waals surface area contributed by atoms with Gasteiger partial charge in [-0.25, -0.2) is 0 Å². The van der Waals surface area contributed by atoms with E-state index in [1.54, 1.807) is 0 Å². The standard InChI is InChI=1S/C24H44O7/c1-2-3-4-5-6-7-8-9-10-11-12-13-14-15-16-17-20(26)31-24-23(29)22(28)21(27)19(18-25)30-24/h9-10,19,21-25,27-29H,2-8,11-18H2,1H3. The summed E-state index contributed by atoms with van der Waals surface area (Å²) in [5, 5.41) is 38.5. The number of ether oxygens (including phenoxy) is 2. The van der Waals surface area contributed by atoms with E-state index in [0.29, 0.717) is 6.42 Å². The van der Waals surface area contributed by atoms with Crippen molar-refractivity contribution in [2.24, 2.45) is 0 Å². The molecule has 1 aliphatic rings. The lowest BCUT2D eigenvalue weighted by Crippen LogP contribution is -2.59. The maximum atomic E-state index is 11.9. The summed E-state index contributed by atoms with van der Waals surface area (Å²) in [5.74, 6) is -0.526. The van der Waals surface area contributed by atoms with Gasteiger partial charge in [-0.3, -0.25) is 4.79 Å². The van der Waals surface area contributed by atoms with Crippen LogP contribution in [0.4, 0.5) is 0 Å². The van der Waals surface area contributed by atoms with Crippen LogP contribution in [0.15, 0.2) is 12.2 Å². The van der Waals surface area contributed by atoms with Gasteiger partial charge in [0.05, 0.1) is 6.61 Å². The van der Waals surface area contributed by atoms with E-state index in [1.165, 1.54) is 44.9 Å².